The smallest absolute Gasteiger partial charge is 0.274 e. The minimum atomic E-state index is -0.255. The molecule has 22 heavy (non-hydrogen) atoms. The van der Waals surface area contributed by atoms with Gasteiger partial charge < -0.3 is 10.6 Å². The van der Waals surface area contributed by atoms with Crippen molar-refractivity contribution in [1.29, 1.82) is 0 Å². The fraction of sp³-hybridized carbons (Fsp3) is 0.312. The molecule has 2 N–H and O–H groups in total. The van der Waals surface area contributed by atoms with Crippen molar-refractivity contribution in [1.82, 2.24) is 9.97 Å². The summed E-state index contributed by atoms with van der Waals surface area (Å²) in [4.78, 5) is 20.9. The molecule has 1 heterocycles. The Morgan fingerprint density at radius 2 is 2.00 bits per heavy atom. The van der Waals surface area contributed by atoms with Crippen molar-refractivity contribution in [2.45, 2.75) is 27.2 Å². The van der Waals surface area contributed by atoms with E-state index in [-0.39, 0.29) is 5.91 Å². The van der Waals surface area contributed by atoms with E-state index in [1.807, 2.05) is 32.0 Å². The first-order chi connectivity index (χ1) is 10.5. The molecule has 0 unspecified atom stereocenters. The number of hydrogen-bond donors (Lipinski definition) is 2. The van der Waals surface area contributed by atoms with Gasteiger partial charge in [0.2, 0.25) is 5.95 Å². The molecule has 5 nitrogen and oxygen atoms in total. The summed E-state index contributed by atoms with van der Waals surface area (Å²) < 4.78 is 0.843. The van der Waals surface area contributed by atoms with Crippen LogP contribution in [0.25, 0.3) is 0 Å². The number of carbonyl (C=O) groups is 1. The summed E-state index contributed by atoms with van der Waals surface area (Å²) in [6, 6.07) is 7.44. The lowest BCUT2D eigenvalue weighted by Gasteiger charge is -2.10. The molecule has 0 radical (unpaired) electrons. The number of aryl methyl sites for hydroxylation is 2. The first kappa shape index (κ1) is 16.4. The van der Waals surface area contributed by atoms with Gasteiger partial charge in [-0.3, -0.25) is 4.79 Å². The summed E-state index contributed by atoms with van der Waals surface area (Å²) in [5, 5.41) is 5.96. The molecule has 2 aromatic rings. The van der Waals surface area contributed by atoms with Crippen LogP contribution in [0.15, 0.2) is 28.7 Å². The van der Waals surface area contributed by atoms with Crippen molar-refractivity contribution in [2.75, 3.05) is 17.2 Å². The summed E-state index contributed by atoms with van der Waals surface area (Å²) in [5.41, 5.74) is 2.93. The van der Waals surface area contributed by atoms with E-state index in [0.29, 0.717) is 11.6 Å². The second-order valence-corrected chi connectivity index (χ2v) is 5.94. The highest BCUT2D eigenvalue weighted by Gasteiger charge is 2.12. The summed E-state index contributed by atoms with van der Waals surface area (Å²) >= 11 is 3.45. The highest BCUT2D eigenvalue weighted by Crippen LogP contribution is 2.23. The van der Waals surface area contributed by atoms with Crippen molar-refractivity contribution in [2.24, 2.45) is 0 Å². The average Bonchev–Trinajstić information content (AvgIpc) is 2.47. The zero-order chi connectivity index (χ0) is 16.1. The number of aromatic nitrogens is 2. The molecule has 6 heteroatoms. The van der Waals surface area contributed by atoms with E-state index in [1.54, 1.807) is 6.07 Å². The SMILES string of the molecule is CCCNc1nc(C)cc(C(=O)Nc2ccc(C)cc2Br)n1. The van der Waals surface area contributed by atoms with Gasteiger partial charge in [-0.15, -0.1) is 0 Å². The molecular formula is C16H19BrN4O. The molecule has 0 aliphatic rings. The maximum atomic E-state index is 12.4. The Morgan fingerprint density at radius 1 is 1.23 bits per heavy atom. The molecule has 0 spiro atoms. The Morgan fingerprint density at radius 3 is 2.68 bits per heavy atom. The quantitative estimate of drug-likeness (QED) is 0.845. The van der Waals surface area contributed by atoms with E-state index in [1.165, 1.54) is 0 Å². The maximum absolute atomic E-state index is 12.4. The van der Waals surface area contributed by atoms with Crippen LogP contribution in [0, 0.1) is 13.8 Å². The zero-order valence-corrected chi connectivity index (χ0v) is 14.5. The molecule has 116 valence electrons. The van der Waals surface area contributed by atoms with E-state index < -0.39 is 0 Å². The van der Waals surface area contributed by atoms with Crippen LogP contribution in [0.4, 0.5) is 11.6 Å². The van der Waals surface area contributed by atoms with Crippen LogP contribution < -0.4 is 10.6 Å². The highest BCUT2D eigenvalue weighted by molar-refractivity contribution is 9.10. The van der Waals surface area contributed by atoms with Crippen LogP contribution in [0.1, 0.15) is 35.1 Å². The lowest BCUT2D eigenvalue weighted by molar-refractivity contribution is 0.102. The van der Waals surface area contributed by atoms with Crippen LogP contribution in [0.3, 0.4) is 0 Å². The van der Waals surface area contributed by atoms with Gasteiger partial charge in [0.1, 0.15) is 5.69 Å². The fourth-order valence-corrected chi connectivity index (χ4v) is 2.50. The van der Waals surface area contributed by atoms with Crippen molar-refractivity contribution in [3.8, 4) is 0 Å². The number of amides is 1. The molecule has 0 aliphatic carbocycles. The summed E-state index contributed by atoms with van der Waals surface area (Å²) in [5.74, 6) is 0.226. The van der Waals surface area contributed by atoms with Crippen LogP contribution in [-0.4, -0.2) is 22.4 Å². The van der Waals surface area contributed by atoms with Gasteiger partial charge in [-0.05, 0) is 60.0 Å². The average molecular weight is 363 g/mol. The lowest BCUT2D eigenvalue weighted by atomic mass is 10.2. The molecule has 0 aliphatic heterocycles. The molecule has 1 aromatic carbocycles. The van der Waals surface area contributed by atoms with Crippen molar-refractivity contribution in [3.05, 3.63) is 45.7 Å². The van der Waals surface area contributed by atoms with Gasteiger partial charge in [-0.25, -0.2) is 9.97 Å². The summed E-state index contributed by atoms with van der Waals surface area (Å²) in [6.45, 7) is 6.67. The van der Waals surface area contributed by atoms with Crippen molar-refractivity contribution in [3.63, 3.8) is 0 Å². The number of nitrogens with one attached hydrogen (secondary N) is 2. The van der Waals surface area contributed by atoms with Gasteiger partial charge in [0.05, 0.1) is 5.69 Å². The van der Waals surface area contributed by atoms with E-state index in [4.69, 9.17) is 0 Å². The molecule has 1 aromatic heterocycles. The third kappa shape index (κ3) is 4.27. The highest BCUT2D eigenvalue weighted by atomic mass is 79.9. The van der Waals surface area contributed by atoms with Crippen LogP contribution in [0.5, 0.6) is 0 Å². The second-order valence-electron chi connectivity index (χ2n) is 5.08. The van der Waals surface area contributed by atoms with E-state index in [0.717, 1.165) is 34.4 Å². The second kappa shape index (κ2) is 7.35. The molecule has 0 saturated heterocycles. The van der Waals surface area contributed by atoms with Gasteiger partial charge in [-0.2, -0.15) is 0 Å². The van der Waals surface area contributed by atoms with Crippen LogP contribution >= 0.6 is 15.9 Å². The zero-order valence-electron chi connectivity index (χ0n) is 12.9. The fourth-order valence-electron chi connectivity index (χ4n) is 1.91. The first-order valence-electron chi connectivity index (χ1n) is 7.16. The third-order valence-electron chi connectivity index (χ3n) is 2.99. The molecule has 0 fully saturated rings. The third-order valence-corrected chi connectivity index (χ3v) is 3.65. The monoisotopic (exact) mass is 362 g/mol. The lowest BCUT2D eigenvalue weighted by Crippen LogP contribution is -2.16. The van der Waals surface area contributed by atoms with E-state index in [9.17, 15) is 4.79 Å². The Kier molecular flexibility index (Phi) is 5.49. The standard InChI is InChI=1S/C16H19BrN4O/c1-4-7-18-16-19-11(3)9-14(21-16)15(22)20-13-6-5-10(2)8-12(13)17/h5-6,8-9H,4,7H2,1-3H3,(H,20,22)(H,18,19,21). The van der Waals surface area contributed by atoms with Gasteiger partial charge in [-0.1, -0.05) is 13.0 Å². The first-order valence-corrected chi connectivity index (χ1v) is 7.96. The van der Waals surface area contributed by atoms with Gasteiger partial charge in [0.15, 0.2) is 0 Å². The number of carbonyl (C=O) groups excluding carboxylic acids is 1. The number of anilines is 2. The van der Waals surface area contributed by atoms with E-state index >= 15 is 0 Å². The minimum absolute atomic E-state index is 0.255. The molecular weight excluding hydrogens is 344 g/mol. The predicted molar refractivity (Wildman–Crippen MR) is 92.4 cm³/mol. The molecule has 0 saturated carbocycles. The van der Waals surface area contributed by atoms with Gasteiger partial charge >= 0.3 is 0 Å². The van der Waals surface area contributed by atoms with Crippen LogP contribution in [0.2, 0.25) is 0 Å². The minimum Gasteiger partial charge on any atom is -0.354 e. The maximum Gasteiger partial charge on any atom is 0.274 e. The normalized spacial score (nSPS) is 10.4. The number of benzene rings is 1. The predicted octanol–water partition coefficient (Wildman–Crippen LogP) is 3.93. The molecule has 0 atom stereocenters. The Labute approximate surface area is 138 Å². The Bertz CT molecular complexity index is 688. The molecule has 0 bridgehead atoms. The van der Waals surface area contributed by atoms with Gasteiger partial charge in [0.25, 0.3) is 5.91 Å². The van der Waals surface area contributed by atoms with Gasteiger partial charge in [0, 0.05) is 16.7 Å². The number of nitrogens with zero attached hydrogens (tertiary/aromatic N) is 2. The Balaban J connectivity index is 2.20. The Hall–Kier alpha value is -1.95. The number of hydrogen-bond acceptors (Lipinski definition) is 4. The topological polar surface area (TPSA) is 66.9 Å². The molecule has 1 amide bonds. The summed E-state index contributed by atoms with van der Waals surface area (Å²) in [6.07, 6.45) is 0.967. The van der Waals surface area contributed by atoms with Crippen molar-refractivity contribution >= 4 is 33.5 Å². The summed E-state index contributed by atoms with van der Waals surface area (Å²) in [7, 11) is 0. The molecule has 2 rings (SSSR count). The largest absolute Gasteiger partial charge is 0.354 e. The number of rotatable bonds is 5. The number of halogens is 1. The van der Waals surface area contributed by atoms with Crippen LogP contribution in [-0.2, 0) is 0 Å². The van der Waals surface area contributed by atoms with Crippen molar-refractivity contribution < 1.29 is 4.79 Å². The van der Waals surface area contributed by atoms with E-state index in [2.05, 4.69) is 43.5 Å².